The third kappa shape index (κ3) is 8.75. The van der Waals surface area contributed by atoms with Crippen molar-refractivity contribution in [3.05, 3.63) is 36.0 Å². The molecule has 0 fully saturated rings. The van der Waals surface area contributed by atoms with Gasteiger partial charge in [0.2, 0.25) is 17.7 Å². The summed E-state index contributed by atoms with van der Waals surface area (Å²) in [4.78, 5) is 53.5. The molecule has 2 rings (SSSR count). The molecule has 1 heterocycles. The predicted molar refractivity (Wildman–Crippen MR) is 145 cm³/mol. The molecule has 0 spiro atoms. The first kappa shape index (κ1) is 29.5. The van der Waals surface area contributed by atoms with Gasteiger partial charge in [0.25, 0.3) is 0 Å². The van der Waals surface area contributed by atoms with Crippen LogP contribution in [0.5, 0.6) is 0 Å². The van der Waals surface area contributed by atoms with Gasteiger partial charge in [0, 0.05) is 23.5 Å². The van der Waals surface area contributed by atoms with E-state index in [-0.39, 0.29) is 12.8 Å². The summed E-state index contributed by atoms with van der Waals surface area (Å²) < 4.78 is 0. The van der Waals surface area contributed by atoms with Crippen molar-refractivity contribution in [2.24, 2.45) is 5.73 Å². The van der Waals surface area contributed by atoms with E-state index in [1.807, 2.05) is 36.8 Å². The molecule has 0 bridgehead atoms. The number of aromatic nitrogens is 1. The number of nitrogens with two attached hydrogens (primary N) is 1. The highest BCUT2D eigenvalue weighted by atomic mass is 32.2. The van der Waals surface area contributed by atoms with Crippen molar-refractivity contribution in [3.8, 4) is 0 Å². The molecule has 0 radical (unpaired) electrons. The van der Waals surface area contributed by atoms with Crippen LogP contribution >= 0.6 is 23.5 Å². The molecule has 1 aromatic carbocycles. The topological polar surface area (TPSA) is 166 Å². The predicted octanol–water partition coefficient (Wildman–Crippen LogP) is 1.10. The lowest BCUT2D eigenvalue weighted by Gasteiger charge is -2.25. The number of carboxylic acid groups (broad SMARTS) is 1. The molecule has 0 aliphatic heterocycles. The van der Waals surface area contributed by atoms with Crippen LogP contribution in [0, 0.1) is 0 Å². The Labute approximate surface area is 219 Å². The lowest BCUT2D eigenvalue weighted by molar-refractivity contribution is -0.142. The Morgan fingerprint density at radius 2 is 1.47 bits per heavy atom. The Bertz CT molecular complexity index is 1040. The number of fused-ring (bicyclic) bond motifs is 1. The van der Waals surface area contributed by atoms with E-state index in [4.69, 9.17) is 5.73 Å². The Morgan fingerprint density at radius 3 is 2.08 bits per heavy atom. The van der Waals surface area contributed by atoms with Crippen LogP contribution in [0.3, 0.4) is 0 Å². The Hall–Kier alpha value is -2.70. The van der Waals surface area contributed by atoms with Gasteiger partial charge in [-0.05, 0) is 55.4 Å². The molecule has 36 heavy (non-hydrogen) atoms. The van der Waals surface area contributed by atoms with Gasteiger partial charge < -0.3 is 31.8 Å². The van der Waals surface area contributed by atoms with E-state index in [0.29, 0.717) is 17.9 Å². The van der Waals surface area contributed by atoms with Crippen molar-refractivity contribution in [3.63, 3.8) is 0 Å². The highest BCUT2D eigenvalue weighted by Crippen LogP contribution is 2.19. The highest BCUT2D eigenvalue weighted by Gasteiger charge is 2.30. The second-order valence-electron chi connectivity index (χ2n) is 8.44. The summed E-state index contributed by atoms with van der Waals surface area (Å²) in [5.41, 5.74) is 7.33. The van der Waals surface area contributed by atoms with Crippen molar-refractivity contribution in [2.45, 2.75) is 50.4 Å². The molecule has 1 aromatic heterocycles. The lowest BCUT2D eigenvalue weighted by Crippen LogP contribution is -2.57. The number of nitrogens with one attached hydrogen (secondary N) is 4. The van der Waals surface area contributed by atoms with E-state index < -0.39 is 47.9 Å². The first-order valence-electron chi connectivity index (χ1n) is 11.6. The Kier molecular flexibility index (Phi) is 12.1. The van der Waals surface area contributed by atoms with Gasteiger partial charge in [-0.1, -0.05) is 18.2 Å². The van der Waals surface area contributed by atoms with Crippen molar-refractivity contribution < 1.29 is 24.3 Å². The largest absolute Gasteiger partial charge is 0.480 e. The molecule has 7 N–H and O–H groups in total. The van der Waals surface area contributed by atoms with Gasteiger partial charge in [0.1, 0.15) is 18.1 Å². The minimum absolute atomic E-state index is 0.132. The average molecular weight is 538 g/mol. The van der Waals surface area contributed by atoms with Gasteiger partial charge in [-0.25, -0.2) is 4.79 Å². The summed E-state index contributed by atoms with van der Waals surface area (Å²) in [7, 11) is 0. The van der Waals surface area contributed by atoms with Crippen LogP contribution in [0.2, 0.25) is 0 Å². The van der Waals surface area contributed by atoms with Crippen molar-refractivity contribution >= 4 is 58.1 Å². The summed E-state index contributed by atoms with van der Waals surface area (Å²) in [6.45, 7) is 1.52. The number of carbonyl (C=O) groups is 4. The van der Waals surface area contributed by atoms with E-state index >= 15 is 0 Å². The molecule has 0 saturated carbocycles. The maximum atomic E-state index is 13.3. The molecule has 2 aromatic rings. The minimum atomic E-state index is -1.14. The molecule has 0 aliphatic carbocycles. The van der Waals surface area contributed by atoms with Gasteiger partial charge in [-0.3, -0.25) is 14.4 Å². The molecule has 3 amide bonds. The average Bonchev–Trinajstić information content (AvgIpc) is 3.26. The molecular weight excluding hydrogens is 502 g/mol. The number of benzene rings is 1. The highest BCUT2D eigenvalue weighted by molar-refractivity contribution is 7.98. The minimum Gasteiger partial charge on any atom is -0.480 e. The molecule has 0 aliphatic rings. The first-order valence-corrected chi connectivity index (χ1v) is 14.4. The van der Waals surface area contributed by atoms with E-state index in [0.717, 1.165) is 16.5 Å². The third-order valence-corrected chi connectivity index (χ3v) is 6.90. The number of para-hydroxylation sites is 1. The molecule has 4 unspecified atom stereocenters. The summed E-state index contributed by atoms with van der Waals surface area (Å²) in [5.74, 6) is -1.60. The molecule has 4 atom stereocenters. The smallest absolute Gasteiger partial charge is 0.326 e. The standard InChI is InChI=1S/C24H35N5O5S2/c1-14(25)21(30)27-18(8-10-35-2)22(31)29-20(23(32)28-19(24(33)34)9-11-36-3)12-15-13-26-17-7-5-4-6-16(15)17/h4-7,13-14,18-20,26H,8-12,25H2,1-3H3,(H,27,30)(H,28,32)(H,29,31)(H,33,34). The maximum Gasteiger partial charge on any atom is 0.326 e. The fraction of sp³-hybridized carbons (Fsp3) is 0.500. The van der Waals surface area contributed by atoms with Gasteiger partial charge in [-0.15, -0.1) is 0 Å². The van der Waals surface area contributed by atoms with E-state index in [1.165, 1.54) is 30.4 Å². The van der Waals surface area contributed by atoms with Gasteiger partial charge >= 0.3 is 5.97 Å². The number of H-pyrrole nitrogens is 1. The lowest BCUT2D eigenvalue weighted by atomic mass is 10.0. The summed E-state index contributed by atoms with van der Waals surface area (Å²) in [6.07, 6.45) is 6.23. The van der Waals surface area contributed by atoms with Crippen molar-refractivity contribution in [1.82, 2.24) is 20.9 Å². The van der Waals surface area contributed by atoms with E-state index in [9.17, 15) is 24.3 Å². The van der Waals surface area contributed by atoms with E-state index in [2.05, 4.69) is 20.9 Å². The Morgan fingerprint density at radius 1 is 0.917 bits per heavy atom. The van der Waals surface area contributed by atoms with Gasteiger partial charge in [-0.2, -0.15) is 23.5 Å². The number of hydrogen-bond donors (Lipinski definition) is 6. The number of carboxylic acids is 1. The zero-order chi connectivity index (χ0) is 26.7. The van der Waals surface area contributed by atoms with Crippen LogP contribution in [0.15, 0.2) is 30.5 Å². The molecule has 0 saturated heterocycles. The van der Waals surface area contributed by atoms with Crippen molar-refractivity contribution in [2.75, 3.05) is 24.0 Å². The second-order valence-corrected chi connectivity index (χ2v) is 10.4. The Balaban J connectivity index is 2.29. The quantitative estimate of drug-likeness (QED) is 0.196. The third-order valence-electron chi connectivity index (χ3n) is 5.61. The first-order chi connectivity index (χ1) is 17.2. The number of hydrogen-bond acceptors (Lipinski definition) is 7. The van der Waals surface area contributed by atoms with E-state index in [1.54, 1.807) is 6.20 Å². The molecule has 198 valence electrons. The van der Waals surface area contributed by atoms with Crippen LogP contribution in [-0.2, 0) is 25.6 Å². The zero-order valence-corrected chi connectivity index (χ0v) is 22.3. The number of rotatable bonds is 15. The van der Waals surface area contributed by atoms with Crippen molar-refractivity contribution in [1.29, 1.82) is 0 Å². The number of aromatic amines is 1. The monoisotopic (exact) mass is 537 g/mol. The normalized spacial score (nSPS) is 14.4. The fourth-order valence-corrected chi connectivity index (χ4v) is 4.52. The summed E-state index contributed by atoms with van der Waals surface area (Å²) in [5, 5.41) is 18.4. The number of thioether (sulfide) groups is 2. The van der Waals surface area contributed by atoms with Crippen LogP contribution in [0.25, 0.3) is 10.9 Å². The van der Waals surface area contributed by atoms with Crippen LogP contribution in [0.1, 0.15) is 25.3 Å². The van der Waals surface area contributed by atoms with Crippen LogP contribution in [0.4, 0.5) is 0 Å². The molecule has 10 nitrogen and oxygen atoms in total. The molecular formula is C24H35N5O5S2. The number of amides is 3. The second kappa shape index (κ2) is 14.8. The zero-order valence-electron chi connectivity index (χ0n) is 20.7. The van der Waals surface area contributed by atoms with Crippen LogP contribution in [-0.4, -0.2) is 82.0 Å². The fourth-order valence-electron chi connectivity index (χ4n) is 3.58. The SMILES string of the molecule is CSCCC(NC(=O)C(Cc1c[nH]c2ccccc12)NC(=O)C(CCSC)NC(=O)C(C)N)C(=O)O. The van der Waals surface area contributed by atoms with Gasteiger partial charge in [0.05, 0.1) is 6.04 Å². The summed E-state index contributed by atoms with van der Waals surface area (Å²) in [6, 6.07) is 3.73. The summed E-state index contributed by atoms with van der Waals surface area (Å²) >= 11 is 3.00. The maximum absolute atomic E-state index is 13.3. The van der Waals surface area contributed by atoms with Gasteiger partial charge in [0.15, 0.2) is 0 Å². The number of carbonyl (C=O) groups excluding carboxylic acids is 3. The van der Waals surface area contributed by atoms with Crippen LogP contribution < -0.4 is 21.7 Å². The molecule has 12 heteroatoms. The number of aliphatic carboxylic acids is 1.